The van der Waals surface area contributed by atoms with Crippen LogP contribution in [0.1, 0.15) is 21.5 Å². The Hall–Kier alpha value is -2.25. The van der Waals surface area contributed by atoms with E-state index in [4.69, 9.17) is 4.74 Å². The van der Waals surface area contributed by atoms with Crippen LogP contribution in [-0.2, 0) is 0 Å². The Balaban J connectivity index is 1.78. The van der Waals surface area contributed by atoms with E-state index in [0.29, 0.717) is 12.1 Å². The molecule has 0 aliphatic rings. The van der Waals surface area contributed by atoms with E-state index in [9.17, 15) is 4.79 Å². The zero-order valence-corrected chi connectivity index (χ0v) is 14.7. The van der Waals surface area contributed by atoms with Crippen LogP contribution in [0.3, 0.4) is 0 Å². The molecule has 118 valence electrons. The molecule has 0 aliphatic heterocycles. The molecular weight excluding hydrogens is 354 g/mol. The number of amides is 1. The highest BCUT2D eigenvalue weighted by Crippen LogP contribution is 2.17. The number of carbonyl (C=O) groups is 1. The van der Waals surface area contributed by atoms with Gasteiger partial charge in [-0.05, 0) is 44.2 Å². The van der Waals surface area contributed by atoms with E-state index in [1.807, 2.05) is 56.3 Å². The van der Waals surface area contributed by atoms with Crippen LogP contribution in [0.4, 0.5) is 0 Å². The summed E-state index contributed by atoms with van der Waals surface area (Å²) >= 11 is 3.38. The van der Waals surface area contributed by atoms with Crippen LogP contribution >= 0.6 is 15.9 Å². The minimum atomic E-state index is -0.112. The summed E-state index contributed by atoms with van der Waals surface area (Å²) in [7, 11) is 0. The SMILES string of the molecule is Cc1cc(C)cc(C(=O)NCC#CCOc2cccc(Br)c2)c1. The molecule has 3 nitrogen and oxygen atoms in total. The predicted molar refractivity (Wildman–Crippen MR) is 95.7 cm³/mol. The van der Waals surface area contributed by atoms with Crippen LogP contribution in [0.25, 0.3) is 0 Å². The Morgan fingerprint density at radius 2 is 1.87 bits per heavy atom. The maximum atomic E-state index is 12.0. The first kappa shape index (κ1) is 17.1. The maximum absolute atomic E-state index is 12.0. The van der Waals surface area contributed by atoms with Gasteiger partial charge < -0.3 is 10.1 Å². The standard InChI is InChI=1S/C19H18BrNO2/c1-14-10-15(2)12-16(11-14)19(22)21-8-3-4-9-23-18-7-5-6-17(20)13-18/h5-7,10-13H,8-9H2,1-2H3,(H,21,22). The van der Waals surface area contributed by atoms with Gasteiger partial charge in [0.2, 0.25) is 0 Å². The lowest BCUT2D eigenvalue weighted by atomic mass is 10.1. The lowest BCUT2D eigenvalue weighted by Crippen LogP contribution is -2.23. The van der Waals surface area contributed by atoms with Crippen molar-refractivity contribution < 1.29 is 9.53 Å². The topological polar surface area (TPSA) is 38.3 Å². The maximum Gasteiger partial charge on any atom is 0.252 e. The van der Waals surface area contributed by atoms with Gasteiger partial charge in [-0.25, -0.2) is 0 Å². The number of hydrogen-bond acceptors (Lipinski definition) is 2. The Morgan fingerprint density at radius 1 is 1.13 bits per heavy atom. The summed E-state index contributed by atoms with van der Waals surface area (Å²) in [4.78, 5) is 12.0. The van der Waals surface area contributed by atoms with Gasteiger partial charge in [0.1, 0.15) is 12.4 Å². The third-order valence-corrected chi connectivity index (χ3v) is 3.55. The molecule has 0 fully saturated rings. The van der Waals surface area contributed by atoms with Crippen molar-refractivity contribution in [2.45, 2.75) is 13.8 Å². The largest absolute Gasteiger partial charge is 0.481 e. The van der Waals surface area contributed by atoms with E-state index < -0.39 is 0 Å². The van der Waals surface area contributed by atoms with E-state index >= 15 is 0 Å². The molecule has 2 aromatic carbocycles. The van der Waals surface area contributed by atoms with Gasteiger partial charge in [0.25, 0.3) is 5.91 Å². The monoisotopic (exact) mass is 371 g/mol. The fourth-order valence-corrected chi connectivity index (χ4v) is 2.50. The summed E-state index contributed by atoms with van der Waals surface area (Å²) in [6, 6.07) is 13.4. The molecule has 2 aromatic rings. The average molecular weight is 372 g/mol. The molecule has 0 heterocycles. The fraction of sp³-hybridized carbons (Fsp3) is 0.211. The predicted octanol–water partition coefficient (Wildman–Crippen LogP) is 3.88. The van der Waals surface area contributed by atoms with Crippen LogP contribution in [0.5, 0.6) is 5.75 Å². The van der Waals surface area contributed by atoms with E-state index in [-0.39, 0.29) is 12.5 Å². The molecule has 0 aliphatic carbocycles. The second-order valence-corrected chi connectivity index (χ2v) is 6.07. The van der Waals surface area contributed by atoms with E-state index in [1.165, 1.54) is 0 Å². The van der Waals surface area contributed by atoms with Crippen LogP contribution in [0, 0.1) is 25.7 Å². The number of hydrogen-bond donors (Lipinski definition) is 1. The molecule has 0 saturated heterocycles. The Labute approximate surface area is 145 Å². The summed E-state index contributed by atoms with van der Waals surface area (Å²) < 4.78 is 6.46. The molecule has 0 atom stereocenters. The minimum Gasteiger partial charge on any atom is -0.481 e. The highest BCUT2D eigenvalue weighted by molar-refractivity contribution is 9.10. The first-order chi connectivity index (χ1) is 11.0. The highest BCUT2D eigenvalue weighted by atomic mass is 79.9. The van der Waals surface area contributed by atoms with Crippen LogP contribution < -0.4 is 10.1 Å². The van der Waals surface area contributed by atoms with Crippen molar-refractivity contribution in [3.05, 3.63) is 63.6 Å². The van der Waals surface area contributed by atoms with E-state index in [1.54, 1.807) is 0 Å². The summed E-state index contributed by atoms with van der Waals surface area (Å²) in [6.45, 7) is 4.54. The molecule has 0 aromatic heterocycles. The number of aryl methyl sites for hydroxylation is 2. The zero-order valence-electron chi connectivity index (χ0n) is 13.2. The molecule has 4 heteroatoms. The first-order valence-corrected chi connectivity index (χ1v) is 8.04. The van der Waals surface area contributed by atoms with Gasteiger partial charge >= 0.3 is 0 Å². The van der Waals surface area contributed by atoms with Gasteiger partial charge in [0.05, 0.1) is 6.54 Å². The second kappa shape index (κ2) is 8.40. The van der Waals surface area contributed by atoms with Gasteiger partial charge in [-0.3, -0.25) is 4.79 Å². The zero-order chi connectivity index (χ0) is 16.7. The molecule has 0 unspecified atom stereocenters. The smallest absolute Gasteiger partial charge is 0.252 e. The van der Waals surface area contributed by atoms with Gasteiger partial charge in [0.15, 0.2) is 0 Å². The van der Waals surface area contributed by atoms with Crippen molar-refractivity contribution in [3.8, 4) is 17.6 Å². The molecule has 1 amide bonds. The third-order valence-electron chi connectivity index (χ3n) is 3.05. The lowest BCUT2D eigenvalue weighted by molar-refractivity contribution is 0.0958. The third kappa shape index (κ3) is 5.80. The van der Waals surface area contributed by atoms with Crippen LogP contribution in [-0.4, -0.2) is 19.1 Å². The van der Waals surface area contributed by atoms with Crippen molar-refractivity contribution in [3.63, 3.8) is 0 Å². The summed E-state index contributed by atoms with van der Waals surface area (Å²) in [5.74, 6) is 6.41. The van der Waals surface area contributed by atoms with Crippen molar-refractivity contribution in [1.82, 2.24) is 5.32 Å². The Kier molecular flexibility index (Phi) is 6.25. The van der Waals surface area contributed by atoms with Crippen LogP contribution in [0.15, 0.2) is 46.9 Å². The molecule has 2 rings (SSSR count). The van der Waals surface area contributed by atoms with Gasteiger partial charge in [-0.2, -0.15) is 0 Å². The Bertz CT molecular complexity index is 739. The normalized spacial score (nSPS) is 9.70. The van der Waals surface area contributed by atoms with E-state index in [0.717, 1.165) is 21.3 Å². The lowest BCUT2D eigenvalue weighted by Gasteiger charge is -2.04. The summed E-state index contributed by atoms with van der Waals surface area (Å²) in [5.41, 5.74) is 2.81. The van der Waals surface area contributed by atoms with Crippen molar-refractivity contribution in [2.24, 2.45) is 0 Å². The summed E-state index contributed by atoms with van der Waals surface area (Å²) in [6.07, 6.45) is 0. The molecule has 0 radical (unpaired) electrons. The van der Waals surface area contributed by atoms with Crippen molar-refractivity contribution >= 4 is 21.8 Å². The van der Waals surface area contributed by atoms with Crippen LogP contribution in [0.2, 0.25) is 0 Å². The molecule has 0 bridgehead atoms. The van der Waals surface area contributed by atoms with Gasteiger partial charge in [-0.15, -0.1) is 0 Å². The molecular formula is C19H18BrNO2. The average Bonchev–Trinajstić information content (AvgIpc) is 2.49. The van der Waals surface area contributed by atoms with E-state index in [2.05, 4.69) is 33.1 Å². The number of nitrogens with one attached hydrogen (secondary N) is 1. The fourth-order valence-electron chi connectivity index (χ4n) is 2.12. The number of ether oxygens (including phenoxy) is 1. The first-order valence-electron chi connectivity index (χ1n) is 7.25. The van der Waals surface area contributed by atoms with Gasteiger partial charge in [-0.1, -0.05) is 51.0 Å². The molecule has 23 heavy (non-hydrogen) atoms. The highest BCUT2D eigenvalue weighted by Gasteiger charge is 2.04. The minimum absolute atomic E-state index is 0.112. The number of carbonyl (C=O) groups excluding carboxylic acids is 1. The van der Waals surface area contributed by atoms with Crippen molar-refractivity contribution in [1.29, 1.82) is 0 Å². The Morgan fingerprint density at radius 3 is 2.57 bits per heavy atom. The number of benzene rings is 2. The summed E-state index contributed by atoms with van der Waals surface area (Å²) in [5, 5.41) is 2.79. The second-order valence-electron chi connectivity index (χ2n) is 5.16. The number of rotatable bonds is 4. The molecule has 0 spiro atoms. The molecule has 1 N–H and O–H groups in total. The quantitative estimate of drug-likeness (QED) is 0.828. The molecule has 0 saturated carbocycles. The van der Waals surface area contributed by atoms with Gasteiger partial charge in [0, 0.05) is 10.0 Å². The number of halogens is 1. The van der Waals surface area contributed by atoms with Crippen molar-refractivity contribution in [2.75, 3.05) is 13.2 Å².